The monoisotopic (exact) mass is 544 g/mol. The van der Waals surface area contributed by atoms with Crippen LogP contribution in [0.5, 0.6) is 0 Å². The van der Waals surface area contributed by atoms with Crippen molar-refractivity contribution < 1.29 is 9.59 Å². The molecule has 2 unspecified atom stereocenters. The van der Waals surface area contributed by atoms with E-state index in [9.17, 15) is 9.59 Å². The minimum Gasteiger partial charge on any atom is -0.368 e. The van der Waals surface area contributed by atoms with Gasteiger partial charge in [-0.15, -0.1) is 0 Å². The second-order valence-corrected chi connectivity index (χ2v) is 9.11. The number of nitrogens with two attached hydrogens (primary N) is 1. The van der Waals surface area contributed by atoms with Crippen LogP contribution >= 0.6 is 0 Å². The van der Waals surface area contributed by atoms with Gasteiger partial charge < -0.3 is 21.4 Å². The Kier molecular flexibility index (Phi) is 17.3. The molecule has 2 atom stereocenters. The molecule has 40 heavy (non-hydrogen) atoms. The molecule has 0 saturated carbocycles. The van der Waals surface area contributed by atoms with Crippen LogP contribution in [0.25, 0.3) is 10.9 Å². The number of primary amides is 1. The summed E-state index contributed by atoms with van der Waals surface area (Å²) >= 11 is 0. The van der Waals surface area contributed by atoms with Crippen LogP contribution < -0.4 is 16.4 Å². The number of carbonyl (C=O) groups excluding carboxylic acids is 2. The summed E-state index contributed by atoms with van der Waals surface area (Å²) in [6, 6.07) is 17.2. The first-order valence-corrected chi connectivity index (χ1v) is 14.2. The maximum Gasteiger partial charge on any atom is 0.234 e. The number of hydrogen-bond donors (Lipinski definition) is 4. The summed E-state index contributed by atoms with van der Waals surface area (Å²) in [4.78, 5) is 27.1. The summed E-state index contributed by atoms with van der Waals surface area (Å²) in [5, 5.41) is 7.59. The van der Waals surface area contributed by atoms with Crippen molar-refractivity contribution in [2.75, 3.05) is 13.1 Å². The van der Waals surface area contributed by atoms with Crippen LogP contribution in [0.2, 0.25) is 0 Å². The lowest BCUT2D eigenvalue weighted by Crippen LogP contribution is -2.47. The van der Waals surface area contributed by atoms with Gasteiger partial charge in [-0.25, -0.2) is 0 Å². The van der Waals surface area contributed by atoms with Crippen molar-refractivity contribution in [3.05, 3.63) is 108 Å². The minimum atomic E-state index is -0.471. The van der Waals surface area contributed by atoms with Crippen LogP contribution in [-0.2, 0) is 22.4 Å². The Morgan fingerprint density at radius 2 is 1.60 bits per heavy atom. The highest BCUT2D eigenvalue weighted by Crippen LogP contribution is 2.19. The number of aromatic nitrogens is 1. The van der Waals surface area contributed by atoms with E-state index in [1.54, 1.807) is 6.92 Å². The summed E-state index contributed by atoms with van der Waals surface area (Å²) in [6.45, 7) is 14.5. The standard InChI is InChI=1S/C23H28N4O2.C9H14.C2H6/c1-16(28)21(13-17-7-3-2-4-8-17)25-11-12-26-22(23(24)29)14-18-15-27-20-10-6-5-9-19(18)20;1-4-7-9(6-3)8-5-2;1-2/h2-10,15,21-22,25-27H,11-14H2,1H3,(H2,24,29);4-5,7-8H,1,6H2,2-3H3;1-2H3/b;8-5-,9-7-;. The Balaban J connectivity index is 0.000000621. The van der Waals surface area contributed by atoms with E-state index in [0.29, 0.717) is 25.9 Å². The molecule has 2 aromatic carbocycles. The van der Waals surface area contributed by atoms with Crippen molar-refractivity contribution >= 4 is 22.6 Å². The topological polar surface area (TPSA) is 100 Å². The first-order valence-electron chi connectivity index (χ1n) is 14.2. The van der Waals surface area contributed by atoms with Crippen molar-refractivity contribution in [2.45, 2.75) is 66.0 Å². The van der Waals surface area contributed by atoms with Crippen molar-refractivity contribution in [3.8, 4) is 0 Å². The maximum atomic E-state index is 12.0. The second kappa shape index (κ2) is 20.2. The van der Waals surface area contributed by atoms with Gasteiger partial charge in [0.1, 0.15) is 5.78 Å². The van der Waals surface area contributed by atoms with Gasteiger partial charge in [0.2, 0.25) is 5.91 Å². The maximum absolute atomic E-state index is 12.0. The van der Waals surface area contributed by atoms with E-state index in [1.165, 1.54) is 5.57 Å². The molecule has 0 bridgehead atoms. The van der Waals surface area contributed by atoms with Gasteiger partial charge in [0, 0.05) is 30.2 Å². The molecule has 3 rings (SSSR count). The van der Waals surface area contributed by atoms with Crippen LogP contribution in [0.1, 0.15) is 52.2 Å². The van der Waals surface area contributed by atoms with Gasteiger partial charge >= 0.3 is 0 Å². The van der Waals surface area contributed by atoms with Crippen molar-refractivity contribution in [1.82, 2.24) is 15.6 Å². The molecule has 1 heterocycles. The average molecular weight is 545 g/mol. The number of ketones is 1. The number of para-hydroxylation sites is 1. The summed E-state index contributed by atoms with van der Waals surface area (Å²) in [5.41, 5.74) is 10.1. The number of rotatable bonds is 14. The van der Waals surface area contributed by atoms with Crippen LogP contribution in [0.3, 0.4) is 0 Å². The molecule has 0 fully saturated rings. The minimum absolute atomic E-state index is 0.0964. The van der Waals surface area contributed by atoms with Gasteiger partial charge in [-0.3, -0.25) is 9.59 Å². The van der Waals surface area contributed by atoms with E-state index >= 15 is 0 Å². The van der Waals surface area contributed by atoms with Crippen LogP contribution in [0, 0.1) is 0 Å². The second-order valence-electron chi connectivity index (χ2n) is 9.11. The number of aromatic amines is 1. The fraction of sp³-hybridized carbons (Fsp3) is 0.353. The fourth-order valence-electron chi connectivity index (χ4n) is 4.15. The van der Waals surface area contributed by atoms with Gasteiger partial charge in [0.25, 0.3) is 0 Å². The molecular weight excluding hydrogens is 496 g/mol. The third kappa shape index (κ3) is 12.4. The van der Waals surface area contributed by atoms with E-state index in [-0.39, 0.29) is 17.7 Å². The lowest BCUT2D eigenvalue weighted by atomic mass is 10.0. The number of benzene rings is 2. The van der Waals surface area contributed by atoms with Gasteiger partial charge in [-0.05, 0) is 55.9 Å². The van der Waals surface area contributed by atoms with Gasteiger partial charge in [0.15, 0.2) is 0 Å². The summed E-state index contributed by atoms with van der Waals surface area (Å²) < 4.78 is 0. The number of H-pyrrole nitrogens is 1. The number of amides is 1. The predicted octanol–water partition coefficient (Wildman–Crippen LogP) is 6.05. The Bertz CT molecular complexity index is 1210. The van der Waals surface area contributed by atoms with E-state index in [1.807, 2.05) is 99.8 Å². The number of hydrogen-bond acceptors (Lipinski definition) is 4. The molecule has 0 radical (unpaired) electrons. The molecule has 0 aliphatic rings. The van der Waals surface area contributed by atoms with E-state index in [0.717, 1.165) is 28.5 Å². The van der Waals surface area contributed by atoms with Crippen LogP contribution in [0.4, 0.5) is 0 Å². The van der Waals surface area contributed by atoms with E-state index in [2.05, 4.69) is 35.2 Å². The summed E-state index contributed by atoms with van der Waals surface area (Å²) in [6.07, 6.45) is 12.1. The molecule has 5 N–H and O–H groups in total. The van der Waals surface area contributed by atoms with Crippen molar-refractivity contribution in [1.29, 1.82) is 0 Å². The van der Waals surface area contributed by atoms with Crippen molar-refractivity contribution in [3.63, 3.8) is 0 Å². The molecule has 3 aromatic rings. The van der Waals surface area contributed by atoms with Gasteiger partial charge in [-0.2, -0.15) is 0 Å². The van der Waals surface area contributed by atoms with Gasteiger partial charge in [0.05, 0.1) is 12.1 Å². The molecule has 6 heteroatoms. The first kappa shape index (κ1) is 34.3. The molecule has 1 amide bonds. The number of fused-ring (bicyclic) bond motifs is 1. The van der Waals surface area contributed by atoms with E-state index < -0.39 is 6.04 Å². The largest absolute Gasteiger partial charge is 0.368 e. The molecule has 1 aromatic heterocycles. The molecule has 0 aliphatic carbocycles. The van der Waals surface area contributed by atoms with Crippen LogP contribution in [-0.4, -0.2) is 41.8 Å². The molecule has 0 spiro atoms. The first-order chi connectivity index (χ1) is 19.4. The molecule has 0 saturated heterocycles. The lowest BCUT2D eigenvalue weighted by Gasteiger charge is -2.19. The molecule has 216 valence electrons. The summed E-state index contributed by atoms with van der Waals surface area (Å²) in [7, 11) is 0. The number of nitrogens with one attached hydrogen (secondary N) is 3. The third-order valence-corrected chi connectivity index (χ3v) is 6.24. The zero-order chi connectivity index (χ0) is 29.8. The predicted molar refractivity (Wildman–Crippen MR) is 170 cm³/mol. The van der Waals surface area contributed by atoms with E-state index in [4.69, 9.17) is 5.73 Å². The number of Topliss-reactive ketones (excluding diaryl/α,β-unsaturated/α-hetero) is 1. The quantitative estimate of drug-likeness (QED) is 0.147. The normalized spacial score (nSPS) is 12.6. The SMILES string of the molecule is C=C/C=C(\C=C/C)CC.CC.CC(=O)C(Cc1ccccc1)NCCNC(Cc1c[nH]c2ccccc12)C(N)=O. The van der Waals surface area contributed by atoms with Gasteiger partial charge in [-0.1, -0.05) is 100 Å². The average Bonchev–Trinajstić information content (AvgIpc) is 3.38. The smallest absolute Gasteiger partial charge is 0.234 e. The lowest BCUT2D eigenvalue weighted by molar-refractivity contribution is -0.120. The molecular formula is C34H48N4O2. The molecule has 6 nitrogen and oxygen atoms in total. The van der Waals surface area contributed by atoms with Crippen molar-refractivity contribution in [2.24, 2.45) is 5.73 Å². The Hall–Kier alpha value is -3.74. The fourth-order valence-corrected chi connectivity index (χ4v) is 4.15. The highest BCUT2D eigenvalue weighted by atomic mass is 16.1. The Morgan fingerprint density at radius 3 is 2.17 bits per heavy atom. The zero-order valence-electron chi connectivity index (χ0n) is 24.9. The highest BCUT2D eigenvalue weighted by molar-refractivity contribution is 5.85. The van der Waals surface area contributed by atoms with Crippen LogP contribution in [0.15, 0.2) is 97.3 Å². The Labute approximate surface area is 240 Å². The number of allylic oxidation sites excluding steroid dienone is 5. The Morgan fingerprint density at radius 1 is 0.975 bits per heavy atom. The zero-order valence-corrected chi connectivity index (χ0v) is 24.9. The molecule has 0 aliphatic heterocycles. The third-order valence-electron chi connectivity index (χ3n) is 6.24. The number of carbonyl (C=O) groups is 2. The summed E-state index contributed by atoms with van der Waals surface area (Å²) in [5.74, 6) is -0.290. The highest BCUT2D eigenvalue weighted by Gasteiger charge is 2.18.